The normalized spacial score (nSPS) is 29.3. The minimum atomic E-state index is -0.113. The third-order valence-corrected chi connectivity index (χ3v) is 4.08. The Bertz CT molecular complexity index is 201. The molecule has 2 atom stereocenters. The first kappa shape index (κ1) is 13.0. The molecule has 0 aromatic rings. The fourth-order valence-electron chi connectivity index (χ4n) is 2.61. The summed E-state index contributed by atoms with van der Waals surface area (Å²) < 4.78 is 0. The van der Waals surface area contributed by atoms with Crippen molar-refractivity contribution in [2.24, 2.45) is 17.8 Å². The lowest BCUT2D eigenvalue weighted by Gasteiger charge is -2.19. The molecule has 1 rings (SSSR count). The van der Waals surface area contributed by atoms with Gasteiger partial charge in [-0.1, -0.05) is 46.0 Å². The molecule has 0 saturated heterocycles. The molecule has 0 aromatic heterocycles. The van der Waals surface area contributed by atoms with Gasteiger partial charge in [0.15, 0.2) is 0 Å². The molecule has 1 saturated carbocycles. The van der Waals surface area contributed by atoms with Crippen molar-refractivity contribution in [2.45, 2.75) is 58.8 Å². The Morgan fingerprint density at radius 1 is 1.07 bits per heavy atom. The molecule has 1 fully saturated rings. The maximum absolute atomic E-state index is 11.2. The van der Waals surface area contributed by atoms with Crippen molar-refractivity contribution in [1.29, 1.82) is 0 Å². The van der Waals surface area contributed by atoms with Gasteiger partial charge in [0.25, 0.3) is 0 Å². The van der Waals surface area contributed by atoms with Gasteiger partial charge in [0, 0.05) is 5.92 Å². The molecule has 0 radical (unpaired) electrons. The zero-order valence-corrected chi connectivity index (χ0v) is 10.7. The average molecular weight is 231 g/mol. The molecular weight excluding hydrogens is 208 g/mol. The van der Waals surface area contributed by atoms with E-state index in [1.807, 2.05) is 0 Å². The van der Waals surface area contributed by atoms with Crippen molar-refractivity contribution in [3.05, 3.63) is 0 Å². The standard InChI is InChI=1S/C13H23ClO/c1-10(2)11-6-3-4-7-12(13(14)15)9-5-8-11/h10-12H,3-9H2,1-2H3. The summed E-state index contributed by atoms with van der Waals surface area (Å²) in [7, 11) is 0. The van der Waals surface area contributed by atoms with Crippen molar-refractivity contribution in [3.8, 4) is 0 Å². The molecule has 0 amide bonds. The van der Waals surface area contributed by atoms with E-state index in [2.05, 4.69) is 13.8 Å². The van der Waals surface area contributed by atoms with Gasteiger partial charge in [-0.3, -0.25) is 4.79 Å². The van der Waals surface area contributed by atoms with E-state index in [1.54, 1.807) is 0 Å². The molecule has 88 valence electrons. The summed E-state index contributed by atoms with van der Waals surface area (Å²) in [5.74, 6) is 1.78. The summed E-state index contributed by atoms with van der Waals surface area (Å²) in [5.41, 5.74) is 0. The van der Waals surface area contributed by atoms with E-state index in [0.717, 1.165) is 24.7 Å². The van der Waals surface area contributed by atoms with Crippen LogP contribution in [0.3, 0.4) is 0 Å². The molecule has 1 aliphatic carbocycles. The first-order chi connectivity index (χ1) is 7.11. The summed E-state index contributed by atoms with van der Waals surface area (Å²) >= 11 is 5.60. The van der Waals surface area contributed by atoms with Gasteiger partial charge in [-0.25, -0.2) is 0 Å². The van der Waals surface area contributed by atoms with Gasteiger partial charge in [-0.2, -0.15) is 0 Å². The number of carbonyl (C=O) groups is 1. The van der Waals surface area contributed by atoms with Crippen LogP contribution in [0.1, 0.15) is 58.8 Å². The molecule has 0 N–H and O–H groups in total. The predicted octanol–water partition coefficient (Wildman–Crippen LogP) is 4.38. The molecule has 0 spiro atoms. The van der Waals surface area contributed by atoms with E-state index in [4.69, 9.17) is 11.6 Å². The monoisotopic (exact) mass is 230 g/mol. The molecular formula is C13H23ClO. The summed E-state index contributed by atoms with van der Waals surface area (Å²) in [6, 6.07) is 0. The van der Waals surface area contributed by atoms with Crippen LogP contribution in [0.5, 0.6) is 0 Å². The third kappa shape index (κ3) is 4.55. The highest BCUT2D eigenvalue weighted by Gasteiger charge is 2.20. The van der Waals surface area contributed by atoms with E-state index >= 15 is 0 Å². The predicted molar refractivity (Wildman–Crippen MR) is 65.0 cm³/mol. The van der Waals surface area contributed by atoms with Crippen LogP contribution in [0, 0.1) is 17.8 Å². The van der Waals surface area contributed by atoms with E-state index in [9.17, 15) is 4.79 Å². The van der Waals surface area contributed by atoms with E-state index < -0.39 is 0 Å². The highest BCUT2D eigenvalue weighted by Crippen LogP contribution is 2.30. The SMILES string of the molecule is CC(C)C1CCCCC(C(=O)Cl)CCC1. The van der Waals surface area contributed by atoms with Gasteiger partial charge in [0.1, 0.15) is 0 Å². The Hall–Kier alpha value is -0.0400. The van der Waals surface area contributed by atoms with Gasteiger partial charge in [-0.05, 0) is 36.3 Å². The number of halogens is 1. The van der Waals surface area contributed by atoms with Crippen LogP contribution in [0.15, 0.2) is 0 Å². The Morgan fingerprint density at radius 2 is 1.60 bits per heavy atom. The zero-order valence-electron chi connectivity index (χ0n) is 9.97. The van der Waals surface area contributed by atoms with Crippen LogP contribution in [-0.2, 0) is 4.79 Å². The second-order valence-electron chi connectivity index (χ2n) is 5.22. The van der Waals surface area contributed by atoms with Crippen molar-refractivity contribution in [2.75, 3.05) is 0 Å². The Kier molecular flexibility index (Phi) is 5.66. The molecule has 0 bridgehead atoms. The van der Waals surface area contributed by atoms with E-state index in [1.165, 1.54) is 32.1 Å². The van der Waals surface area contributed by atoms with Crippen LogP contribution in [0.25, 0.3) is 0 Å². The fraction of sp³-hybridized carbons (Fsp3) is 0.923. The number of carbonyl (C=O) groups excluding carboxylic acids is 1. The van der Waals surface area contributed by atoms with Crippen LogP contribution < -0.4 is 0 Å². The van der Waals surface area contributed by atoms with Gasteiger partial charge >= 0.3 is 0 Å². The minimum Gasteiger partial charge on any atom is -0.281 e. The van der Waals surface area contributed by atoms with Gasteiger partial charge in [0.2, 0.25) is 5.24 Å². The largest absolute Gasteiger partial charge is 0.281 e. The quantitative estimate of drug-likeness (QED) is 0.644. The Balaban J connectivity index is 2.44. The highest BCUT2D eigenvalue weighted by molar-refractivity contribution is 6.63. The molecule has 0 aliphatic heterocycles. The van der Waals surface area contributed by atoms with Crippen LogP contribution >= 0.6 is 11.6 Å². The summed E-state index contributed by atoms with van der Waals surface area (Å²) in [4.78, 5) is 11.2. The van der Waals surface area contributed by atoms with Gasteiger partial charge in [-0.15, -0.1) is 0 Å². The van der Waals surface area contributed by atoms with Crippen molar-refractivity contribution in [3.63, 3.8) is 0 Å². The first-order valence-corrected chi connectivity index (χ1v) is 6.68. The van der Waals surface area contributed by atoms with Crippen LogP contribution in [0.2, 0.25) is 0 Å². The lowest BCUT2D eigenvalue weighted by molar-refractivity contribution is -0.115. The van der Waals surface area contributed by atoms with E-state index in [-0.39, 0.29) is 11.2 Å². The smallest absolute Gasteiger partial charge is 0.224 e. The van der Waals surface area contributed by atoms with Crippen molar-refractivity contribution < 1.29 is 4.79 Å². The van der Waals surface area contributed by atoms with Crippen LogP contribution in [-0.4, -0.2) is 5.24 Å². The molecule has 0 heterocycles. The van der Waals surface area contributed by atoms with Crippen LogP contribution in [0.4, 0.5) is 0 Å². The summed E-state index contributed by atoms with van der Waals surface area (Å²) in [6.07, 6.45) is 8.24. The zero-order chi connectivity index (χ0) is 11.3. The fourth-order valence-corrected chi connectivity index (χ4v) is 2.82. The molecule has 2 heteroatoms. The highest BCUT2D eigenvalue weighted by atomic mass is 35.5. The first-order valence-electron chi connectivity index (χ1n) is 6.30. The average Bonchev–Trinajstić information content (AvgIpc) is 2.27. The maximum atomic E-state index is 11.2. The summed E-state index contributed by atoms with van der Waals surface area (Å²) in [6.45, 7) is 4.62. The molecule has 15 heavy (non-hydrogen) atoms. The van der Waals surface area contributed by atoms with E-state index in [0.29, 0.717) is 0 Å². The molecule has 2 unspecified atom stereocenters. The lowest BCUT2D eigenvalue weighted by atomic mass is 9.87. The third-order valence-electron chi connectivity index (χ3n) is 3.77. The van der Waals surface area contributed by atoms with Crippen molar-refractivity contribution >= 4 is 16.8 Å². The van der Waals surface area contributed by atoms with Gasteiger partial charge in [0.05, 0.1) is 0 Å². The lowest BCUT2D eigenvalue weighted by Crippen LogP contribution is -2.09. The Labute approximate surface area is 98.6 Å². The molecule has 1 nitrogen and oxygen atoms in total. The van der Waals surface area contributed by atoms with Gasteiger partial charge < -0.3 is 0 Å². The summed E-state index contributed by atoms with van der Waals surface area (Å²) in [5, 5.41) is -0.113. The molecule has 1 aliphatic rings. The Morgan fingerprint density at radius 3 is 2.20 bits per heavy atom. The number of rotatable bonds is 2. The number of hydrogen-bond donors (Lipinski definition) is 0. The topological polar surface area (TPSA) is 17.1 Å². The second-order valence-corrected chi connectivity index (χ2v) is 5.59. The minimum absolute atomic E-state index is 0.113. The molecule has 0 aromatic carbocycles. The van der Waals surface area contributed by atoms with Crippen molar-refractivity contribution in [1.82, 2.24) is 0 Å². The second kappa shape index (κ2) is 6.52. The maximum Gasteiger partial charge on any atom is 0.224 e. The number of hydrogen-bond acceptors (Lipinski definition) is 1.